The highest BCUT2D eigenvalue weighted by atomic mass is 35.5. The van der Waals surface area contributed by atoms with Gasteiger partial charge in [-0.1, -0.05) is 35.3 Å². The smallest absolute Gasteiger partial charge is 0.263 e. The van der Waals surface area contributed by atoms with Gasteiger partial charge in [0.05, 0.1) is 0 Å². The number of alkyl halides is 3. The zero-order valence-electron chi connectivity index (χ0n) is 7.35. The first kappa shape index (κ1) is 12.3. The van der Waals surface area contributed by atoms with Crippen LogP contribution in [0.5, 0.6) is 0 Å². The van der Waals surface area contributed by atoms with Crippen molar-refractivity contribution in [1.29, 1.82) is 0 Å². The van der Waals surface area contributed by atoms with Crippen LogP contribution in [-0.4, -0.2) is 17.9 Å². The monoisotopic (exact) mass is 255 g/mol. The van der Waals surface area contributed by atoms with Gasteiger partial charge < -0.3 is 0 Å². The van der Waals surface area contributed by atoms with E-state index in [-0.39, 0.29) is 5.17 Å². The fourth-order valence-corrected chi connectivity index (χ4v) is 1.15. The molecule has 0 bridgehead atoms. The highest BCUT2D eigenvalue weighted by molar-refractivity contribution is 6.69. The summed E-state index contributed by atoms with van der Waals surface area (Å²) in [5, 5.41) is 0.308. The number of aliphatic imine (C=N–C) groups is 1. The Bertz CT molecular complexity index is 357. The zero-order valence-corrected chi connectivity index (χ0v) is 8.87. The van der Waals surface area contributed by atoms with Crippen molar-refractivity contribution in [3.05, 3.63) is 34.9 Å². The van der Waals surface area contributed by atoms with Gasteiger partial charge in [0.2, 0.25) is 0 Å². The minimum Gasteiger partial charge on any atom is -0.263 e. The minimum atomic E-state index is -4.34. The highest BCUT2D eigenvalue weighted by Gasteiger charge is 2.26. The van der Waals surface area contributed by atoms with Gasteiger partial charge in [0.1, 0.15) is 11.7 Å². The first-order valence-electron chi connectivity index (χ1n) is 3.91. The molecule has 1 rings (SSSR count). The molecule has 0 aromatic heterocycles. The van der Waals surface area contributed by atoms with Gasteiger partial charge >= 0.3 is 6.18 Å². The predicted molar refractivity (Wildman–Crippen MR) is 54.8 cm³/mol. The van der Waals surface area contributed by atoms with Crippen molar-refractivity contribution < 1.29 is 13.2 Å². The molecule has 0 saturated carbocycles. The summed E-state index contributed by atoms with van der Waals surface area (Å²) in [5.41, 5.74) is 0.408. The van der Waals surface area contributed by atoms with E-state index in [9.17, 15) is 13.2 Å². The van der Waals surface area contributed by atoms with Crippen molar-refractivity contribution >= 4 is 28.4 Å². The van der Waals surface area contributed by atoms with Crippen LogP contribution in [0, 0.1) is 0 Å². The standard InChI is InChI=1S/C9H6Cl2F3N/c10-7-3-1-6(2-4-7)8(11)15-5-9(12,13)14/h1-4H,5H2/b15-8-. The van der Waals surface area contributed by atoms with Crippen LogP contribution in [0.1, 0.15) is 5.56 Å². The molecule has 0 unspecified atom stereocenters. The lowest BCUT2D eigenvalue weighted by Crippen LogP contribution is -2.13. The summed E-state index contributed by atoms with van der Waals surface area (Å²) in [6.45, 7) is -1.28. The molecule has 15 heavy (non-hydrogen) atoms. The average molecular weight is 256 g/mol. The lowest BCUT2D eigenvalue weighted by molar-refractivity contribution is -0.118. The SMILES string of the molecule is FC(F)(F)C/N=C(\Cl)c1ccc(Cl)cc1. The molecule has 0 amide bonds. The van der Waals surface area contributed by atoms with Crippen LogP contribution in [0.3, 0.4) is 0 Å². The molecule has 0 atom stereocenters. The molecule has 0 heterocycles. The highest BCUT2D eigenvalue weighted by Crippen LogP contribution is 2.17. The summed E-state index contributed by atoms with van der Waals surface area (Å²) < 4.78 is 35.4. The Morgan fingerprint density at radius 1 is 1.20 bits per heavy atom. The topological polar surface area (TPSA) is 12.4 Å². The van der Waals surface area contributed by atoms with Gasteiger partial charge in [-0.05, 0) is 12.1 Å². The minimum absolute atomic E-state index is 0.177. The Hall–Kier alpha value is -0.740. The maximum atomic E-state index is 11.8. The summed E-state index contributed by atoms with van der Waals surface area (Å²) >= 11 is 11.2. The van der Waals surface area contributed by atoms with E-state index in [1.807, 2.05) is 0 Å². The van der Waals surface area contributed by atoms with Crippen LogP contribution in [-0.2, 0) is 0 Å². The molecule has 82 valence electrons. The average Bonchev–Trinajstić information content (AvgIpc) is 2.14. The second-order valence-corrected chi connectivity index (χ2v) is 3.52. The molecule has 0 aliphatic carbocycles. The first-order valence-corrected chi connectivity index (χ1v) is 4.67. The quantitative estimate of drug-likeness (QED) is 0.712. The van der Waals surface area contributed by atoms with E-state index in [2.05, 4.69) is 4.99 Å². The van der Waals surface area contributed by atoms with Crippen molar-refractivity contribution in [2.75, 3.05) is 6.54 Å². The molecule has 0 N–H and O–H groups in total. The summed E-state index contributed by atoms with van der Waals surface area (Å²) in [5.74, 6) is 0. The van der Waals surface area contributed by atoms with Gasteiger partial charge in [-0.2, -0.15) is 13.2 Å². The molecule has 1 aromatic carbocycles. The van der Waals surface area contributed by atoms with Crippen LogP contribution >= 0.6 is 23.2 Å². The van der Waals surface area contributed by atoms with Gasteiger partial charge in [-0.3, -0.25) is 4.99 Å². The van der Waals surface area contributed by atoms with E-state index in [0.29, 0.717) is 10.6 Å². The van der Waals surface area contributed by atoms with Crippen molar-refractivity contribution in [3.8, 4) is 0 Å². The van der Waals surface area contributed by atoms with Crippen molar-refractivity contribution in [2.24, 2.45) is 4.99 Å². The van der Waals surface area contributed by atoms with Crippen LogP contribution in [0.25, 0.3) is 0 Å². The maximum absolute atomic E-state index is 11.8. The third-order valence-corrected chi connectivity index (χ3v) is 2.07. The largest absolute Gasteiger partial charge is 0.408 e. The maximum Gasteiger partial charge on any atom is 0.408 e. The Kier molecular flexibility index (Phi) is 3.99. The Balaban J connectivity index is 2.76. The third kappa shape index (κ3) is 4.53. The van der Waals surface area contributed by atoms with E-state index >= 15 is 0 Å². The summed E-state index contributed by atoms with van der Waals surface area (Å²) in [6.07, 6.45) is -4.34. The van der Waals surface area contributed by atoms with Crippen LogP contribution < -0.4 is 0 Å². The number of halogens is 5. The van der Waals surface area contributed by atoms with Gasteiger partial charge in [0.15, 0.2) is 0 Å². The molecular weight excluding hydrogens is 250 g/mol. The predicted octanol–water partition coefficient (Wildman–Crippen LogP) is 3.89. The Morgan fingerprint density at radius 2 is 1.73 bits per heavy atom. The van der Waals surface area contributed by atoms with E-state index in [0.717, 1.165) is 0 Å². The zero-order chi connectivity index (χ0) is 11.5. The first-order chi connectivity index (χ1) is 6.88. The molecular formula is C9H6Cl2F3N. The molecule has 0 aliphatic heterocycles. The fourth-order valence-electron chi connectivity index (χ4n) is 0.838. The van der Waals surface area contributed by atoms with Crippen molar-refractivity contribution in [3.63, 3.8) is 0 Å². The molecule has 0 radical (unpaired) electrons. The molecule has 0 saturated heterocycles. The molecule has 0 fully saturated rings. The van der Waals surface area contributed by atoms with Gasteiger partial charge in [0.25, 0.3) is 0 Å². The van der Waals surface area contributed by atoms with Gasteiger partial charge in [0, 0.05) is 10.6 Å². The lowest BCUT2D eigenvalue weighted by Gasteiger charge is -2.02. The van der Waals surface area contributed by atoms with Crippen LogP contribution in [0.2, 0.25) is 5.02 Å². The van der Waals surface area contributed by atoms with Gasteiger partial charge in [-0.25, -0.2) is 0 Å². The van der Waals surface area contributed by atoms with Crippen LogP contribution in [0.4, 0.5) is 13.2 Å². The third-order valence-electron chi connectivity index (χ3n) is 1.48. The Morgan fingerprint density at radius 3 is 2.20 bits per heavy atom. The van der Waals surface area contributed by atoms with E-state index in [1.54, 1.807) is 0 Å². The normalized spacial score (nSPS) is 13.0. The molecule has 6 heteroatoms. The number of benzene rings is 1. The second-order valence-electron chi connectivity index (χ2n) is 2.73. The number of rotatable bonds is 2. The van der Waals surface area contributed by atoms with E-state index < -0.39 is 12.7 Å². The van der Waals surface area contributed by atoms with Crippen molar-refractivity contribution in [1.82, 2.24) is 0 Å². The summed E-state index contributed by atoms with van der Waals surface area (Å²) in [4.78, 5) is 3.21. The van der Waals surface area contributed by atoms with E-state index in [4.69, 9.17) is 23.2 Å². The molecule has 0 aliphatic rings. The second kappa shape index (κ2) is 4.86. The molecule has 1 aromatic rings. The Labute approximate surface area is 94.5 Å². The van der Waals surface area contributed by atoms with Crippen molar-refractivity contribution in [2.45, 2.75) is 6.18 Å². The summed E-state index contributed by atoms with van der Waals surface area (Å²) in [7, 11) is 0. The fraction of sp³-hybridized carbons (Fsp3) is 0.222. The van der Waals surface area contributed by atoms with Crippen LogP contribution in [0.15, 0.2) is 29.3 Å². The molecule has 0 spiro atoms. The van der Waals surface area contributed by atoms with Gasteiger partial charge in [-0.15, -0.1) is 0 Å². The van der Waals surface area contributed by atoms with E-state index in [1.165, 1.54) is 24.3 Å². The number of hydrogen-bond acceptors (Lipinski definition) is 1. The summed E-state index contributed by atoms with van der Waals surface area (Å²) in [6, 6.07) is 6.07. The molecule has 1 nitrogen and oxygen atoms in total. The lowest BCUT2D eigenvalue weighted by atomic mass is 10.2. The number of nitrogens with zero attached hydrogens (tertiary/aromatic N) is 1. The number of hydrogen-bond donors (Lipinski definition) is 0.